The predicted molar refractivity (Wildman–Crippen MR) is 66.5 cm³/mol. The van der Waals surface area contributed by atoms with Gasteiger partial charge < -0.3 is 15.1 Å². The molecule has 4 nitrogen and oxygen atoms in total. The Hall–Kier alpha value is -0.770. The molecule has 1 rings (SSSR count). The lowest BCUT2D eigenvalue weighted by Gasteiger charge is -2.36. The molecular weight excluding hydrogens is 202 g/mol. The molecule has 0 saturated carbocycles. The largest absolute Gasteiger partial charge is 0.335 e. The molecule has 2 atom stereocenters. The van der Waals surface area contributed by atoms with Gasteiger partial charge in [-0.1, -0.05) is 6.92 Å². The number of rotatable bonds is 3. The van der Waals surface area contributed by atoms with Gasteiger partial charge in [0.15, 0.2) is 0 Å². The summed E-state index contributed by atoms with van der Waals surface area (Å²) in [6.07, 6.45) is 1.06. The molecule has 0 bridgehead atoms. The summed E-state index contributed by atoms with van der Waals surface area (Å²) in [4.78, 5) is 16.1. The number of nitrogens with one attached hydrogen (secondary N) is 1. The van der Waals surface area contributed by atoms with E-state index in [-0.39, 0.29) is 6.03 Å². The molecule has 94 valence electrons. The average molecular weight is 227 g/mol. The fourth-order valence-corrected chi connectivity index (χ4v) is 2.33. The lowest BCUT2D eigenvalue weighted by molar-refractivity contribution is 0.158. The van der Waals surface area contributed by atoms with Gasteiger partial charge in [-0.3, -0.25) is 0 Å². The highest BCUT2D eigenvalue weighted by Gasteiger charge is 2.26. The van der Waals surface area contributed by atoms with E-state index in [1.54, 1.807) is 0 Å². The van der Waals surface area contributed by atoms with Crippen molar-refractivity contribution in [2.45, 2.75) is 33.2 Å². The monoisotopic (exact) mass is 227 g/mol. The maximum atomic E-state index is 11.9. The summed E-state index contributed by atoms with van der Waals surface area (Å²) in [5.74, 6) is 0.540. The smallest absolute Gasteiger partial charge is 0.317 e. The van der Waals surface area contributed by atoms with Gasteiger partial charge in [0.25, 0.3) is 0 Å². The zero-order chi connectivity index (χ0) is 12.1. The first-order valence-electron chi connectivity index (χ1n) is 6.32. The Balaban J connectivity index is 2.44. The quantitative estimate of drug-likeness (QED) is 0.790. The number of urea groups is 1. The van der Waals surface area contributed by atoms with Crippen LogP contribution >= 0.6 is 0 Å². The average Bonchev–Trinajstić information content (AvgIpc) is 2.24. The van der Waals surface area contributed by atoms with Gasteiger partial charge in [0, 0.05) is 25.7 Å². The summed E-state index contributed by atoms with van der Waals surface area (Å²) < 4.78 is 0. The second-order valence-electron chi connectivity index (χ2n) is 4.76. The van der Waals surface area contributed by atoms with Crippen molar-refractivity contribution in [1.82, 2.24) is 15.1 Å². The van der Waals surface area contributed by atoms with Crippen LogP contribution in [0.2, 0.25) is 0 Å². The molecule has 1 heterocycles. The molecule has 0 spiro atoms. The third kappa shape index (κ3) is 3.37. The standard InChI is InChI=1S/C12H25N3O/c1-5-15(6-2)12(16)13-11-7-8-14(4)9-10(11)3/h10-11H,5-9H2,1-4H3,(H,13,16). The van der Waals surface area contributed by atoms with E-state index < -0.39 is 0 Å². The van der Waals surface area contributed by atoms with Gasteiger partial charge in [-0.25, -0.2) is 4.79 Å². The second-order valence-corrected chi connectivity index (χ2v) is 4.76. The van der Waals surface area contributed by atoms with Crippen molar-refractivity contribution in [3.63, 3.8) is 0 Å². The number of hydrogen-bond donors (Lipinski definition) is 1. The van der Waals surface area contributed by atoms with Crippen LogP contribution in [0.25, 0.3) is 0 Å². The van der Waals surface area contributed by atoms with Crippen LogP contribution in [0.1, 0.15) is 27.2 Å². The first kappa shape index (κ1) is 13.3. The van der Waals surface area contributed by atoms with Gasteiger partial charge in [0.05, 0.1) is 0 Å². The van der Waals surface area contributed by atoms with E-state index in [9.17, 15) is 4.79 Å². The van der Waals surface area contributed by atoms with Crippen molar-refractivity contribution >= 4 is 6.03 Å². The predicted octanol–water partition coefficient (Wildman–Crippen LogP) is 1.38. The summed E-state index contributed by atoms with van der Waals surface area (Å²) in [6.45, 7) is 9.95. The Kier molecular flexibility index (Phi) is 5.06. The van der Waals surface area contributed by atoms with E-state index in [0.29, 0.717) is 12.0 Å². The summed E-state index contributed by atoms with van der Waals surface area (Å²) in [5.41, 5.74) is 0. The third-order valence-corrected chi connectivity index (χ3v) is 3.47. The van der Waals surface area contributed by atoms with Crippen molar-refractivity contribution < 1.29 is 4.79 Å². The van der Waals surface area contributed by atoms with Crippen LogP contribution in [0, 0.1) is 5.92 Å². The Bertz CT molecular complexity index is 228. The summed E-state index contributed by atoms with van der Waals surface area (Å²) in [6, 6.07) is 0.427. The van der Waals surface area contributed by atoms with E-state index in [2.05, 4.69) is 24.2 Å². The van der Waals surface area contributed by atoms with Crippen LogP contribution in [0.15, 0.2) is 0 Å². The second kappa shape index (κ2) is 6.09. The number of carbonyl (C=O) groups is 1. The molecular formula is C12H25N3O. The van der Waals surface area contributed by atoms with Gasteiger partial charge in [-0.2, -0.15) is 0 Å². The third-order valence-electron chi connectivity index (χ3n) is 3.47. The topological polar surface area (TPSA) is 35.6 Å². The molecule has 1 fully saturated rings. The lowest BCUT2D eigenvalue weighted by Crippen LogP contribution is -2.52. The molecule has 1 aliphatic rings. The van der Waals surface area contributed by atoms with E-state index in [4.69, 9.17) is 0 Å². The van der Waals surface area contributed by atoms with Crippen LogP contribution in [-0.2, 0) is 0 Å². The van der Waals surface area contributed by atoms with Gasteiger partial charge in [0.1, 0.15) is 0 Å². The fraction of sp³-hybridized carbons (Fsp3) is 0.917. The fourth-order valence-electron chi connectivity index (χ4n) is 2.33. The van der Waals surface area contributed by atoms with Crippen LogP contribution < -0.4 is 5.32 Å². The first-order valence-corrected chi connectivity index (χ1v) is 6.32. The van der Waals surface area contributed by atoms with Crippen molar-refractivity contribution in [3.05, 3.63) is 0 Å². The number of nitrogens with zero attached hydrogens (tertiary/aromatic N) is 2. The molecule has 16 heavy (non-hydrogen) atoms. The normalized spacial score (nSPS) is 26.5. The number of amides is 2. The van der Waals surface area contributed by atoms with Crippen LogP contribution in [0.5, 0.6) is 0 Å². The minimum atomic E-state index is 0.0893. The minimum absolute atomic E-state index is 0.0893. The molecule has 1 N–H and O–H groups in total. The molecule has 0 aliphatic carbocycles. The summed E-state index contributed by atoms with van der Waals surface area (Å²) in [7, 11) is 2.14. The first-order chi connectivity index (χ1) is 7.58. The minimum Gasteiger partial charge on any atom is -0.335 e. The maximum Gasteiger partial charge on any atom is 0.317 e. The van der Waals surface area contributed by atoms with Crippen LogP contribution in [0.3, 0.4) is 0 Å². The Labute approximate surface area is 99.0 Å². The number of likely N-dealkylation sites (tertiary alicyclic amines) is 1. The SMILES string of the molecule is CCN(CC)C(=O)NC1CCN(C)CC1C. The van der Waals surface area contributed by atoms with Crippen molar-refractivity contribution in [3.8, 4) is 0 Å². The molecule has 4 heteroatoms. The molecule has 1 aliphatic heterocycles. The van der Waals surface area contributed by atoms with Gasteiger partial charge in [-0.15, -0.1) is 0 Å². The van der Waals surface area contributed by atoms with E-state index in [0.717, 1.165) is 32.6 Å². The molecule has 0 aromatic heterocycles. The lowest BCUT2D eigenvalue weighted by atomic mass is 9.94. The van der Waals surface area contributed by atoms with Gasteiger partial charge in [-0.05, 0) is 39.8 Å². The highest BCUT2D eigenvalue weighted by atomic mass is 16.2. The summed E-state index contributed by atoms with van der Waals surface area (Å²) >= 11 is 0. The molecule has 0 aromatic rings. The summed E-state index contributed by atoms with van der Waals surface area (Å²) in [5, 5.41) is 3.15. The highest BCUT2D eigenvalue weighted by molar-refractivity contribution is 5.74. The van der Waals surface area contributed by atoms with Crippen molar-refractivity contribution in [1.29, 1.82) is 0 Å². The van der Waals surface area contributed by atoms with Crippen molar-refractivity contribution in [2.24, 2.45) is 5.92 Å². The van der Waals surface area contributed by atoms with E-state index >= 15 is 0 Å². The Morgan fingerprint density at radius 3 is 2.56 bits per heavy atom. The molecule has 2 unspecified atom stereocenters. The zero-order valence-electron chi connectivity index (χ0n) is 11.0. The molecule has 2 amide bonds. The van der Waals surface area contributed by atoms with Gasteiger partial charge in [0.2, 0.25) is 0 Å². The number of carbonyl (C=O) groups excluding carboxylic acids is 1. The Morgan fingerprint density at radius 2 is 2.06 bits per heavy atom. The van der Waals surface area contributed by atoms with Crippen LogP contribution in [-0.4, -0.2) is 55.1 Å². The number of piperidine rings is 1. The van der Waals surface area contributed by atoms with Gasteiger partial charge >= 0.3 is 6.03 Å². The van der Waals surface area contributed by atoms with E-state index in [1.165, 1.54) is 0 Å². The maximum absolute atomic E-state index is 11.9. The molecule has 0 radical (unpaired) electrons. The van der Waals surface area contributed by atoms with Crippen LogP contribution in [0.4, 0.5) is 4.79 Å². The zero-order valence-corrected chi connectivity index (χ0v) is 11.0. The number of hydrogen-bond acceptors (Lipinski definition) is 2. The highest BCUT2D eigenvalue weighted by Crippen LogP contribution is 2.15. The Morgan fingerprint density at radius 1 is 1.44 bits per heavy atom. The molecule has 1 saturated heterocycles. The molecule has 0 aromatic carbocycles. The van der Waals surface area contributed by atoms with E-state index in [1.807, 2.05) is 18.7 Å². The van der Waals surface area contributed by atoms with Crippen molar-refractivity contribution in [2.75, 3.05) is 33.2 Å².